The summed E-state index contributed by atoms with van der Waals surface area (Å²) in [6, 6.07) is 15.7. The van der Waals surface area contributed by atoms with Crippen LogP contribution < -0.4 is 15.4 Å². The molecule has 1 aromatic heterocycles. The maximum Gasteiger partial charge on any atom is 0.265 e. The van der Waals surface area contributed by atoms with Crippen LogP contribution in [0.4, 0.5) is 11.4 Å². The highest BCUT2D eigenvalue weighted by Gasteiger charge is 2.22. The number of rotatable bonds is 6. The van der Waals surface area contributed by atoms with Gasteiger partial charge in [0.2, 0.25) is 0 Å². The molecule has 3 aromatic rings. The number of amides is 2. The minimum atomic E-state index is -3.84. The molecule has 28 heavy (non-hydrogen) atoms. The van der Waals surface area contributed by atoms with Crippen LogP contribution in [-0.4, -0.2) is 32.3 Å². The summed E-state index contributed by atoms with van der Waals surface area (Å²) in [6.45, 7) is 0. The summed E-state index contributed by atoms with van der Waals surface area (Å²) in [5.74, 6) is -1.17. The molecule has 8 nitrogen and oxygen atoms in total. The minimum absolute atomic E-state index is 0.0154. The van der Waals surface area contributed by atoms with E-state index in [-0.39, 0.29) is 16.2 Å². The zero-order chi connectivity index (χ0) is 20.3. The number of para-hydroxylation sites is 1. The van der Waals surface area contributed by atoms with Crippen molar-refractivity contribution in [1.82, 2.24) is 4.98 Å². The molecule has 0 bridgehead atoms. The molecular formula is C19H18N4O4S. The van der Waals surface area contributed by atoms with Crippen LogP contribution in [-0.2, 0) is 10.0 Å². The molecule has 144 valence electrons. The van der Waals surface area contributed by atoms with Gasteiger partial charge in [-0.05, 0) is 36.4 Å². The number of aromatic amines is 1. The van der Waals surface area contributed by atoms with E-state index in [4.69, 9.17) is 5.73 Å². The van der Waals surface area contributed by atoms with E-state index < -0.39 is 21.8 Å². The smallest absolute Gasteiger partial charge is 0.265 e. The number of sulfonamides is 1. The van der Waals surface area contributed by atoms with Crippen molar-refractivity contribution < 1.29 is 18.0 Å². The van der Waals surface area contributed by atoms with Crippen molar-refractivity contribution in [3.05, 3.63) is 78.1 Å². The Hall–Kier alpha value is -3.59. The third-order valence-electron chi connectivity index (χ3n) is 4.08. The molecule has 0 spiro atoms. The summed E-state index contributed by atoms with van der Waals surface area (Å²) in [5, 5.41) is 2.59. The number of anilines is 2. The number of nitrogens with two attached hydrogens (primary N) is 1. The van der Waals surface area contributed by atoms with Crippen molar-refractivity contribution in [2.75, 3.05) is 16.7 Å². The van der Waals surface area contributed by atoms with Gasteiger partial charge in [-0.25, -0.2) is 8.42 Å². The Kier molecular flexibility index (Phi) is 5.18. The van der Waals surface area contributed by atoms with Crippen LogP contribution in [0.2, 0.25) is 0 Å². The highest BCUT2D eigenvalue weighted by atomic mass is 32.2. The van der Waals surface area contributed by atoms with Gasteiger partial charge in [0.15, 0.2) is 0 Å². The van der Waals surface area contributed by atoms with Gasteiger partial charge in [0, 0.05) is 18.8 Å². The third kappa shape index (κ3) is 3.89. The van der Waals surface area contributed by atoms with E-state index in [1.54, 1.807) is 30.3 Å². The fraction of sp³-hybridized carbons (Fsp3) is 0.0526. The van der Waals surface area contributed by atoms with Gasteiger partial charge in [-0.15, -0.1) is 0 Å². The van der Waals surface area contributed by atoms with Gasteiger partial charge in [0.05, 0.1) is 16.3 Å². The van der Waals surface area contributed by atoms with E-state index in [2.05, 4.69) is 10.3 Å². The predicted octanol–water partition coefficient (Wildman–Crippen LogP) is 2.19. The van der Waals surface area contributed by atoms with Crippen LogP contribution in [0.25, 0.3) is 0 Å². The van der Waals surface area contributed by atoms with Crippen molar-refractivity contribution in [3.63, 3.8) is 0 Å². The van der Waals surface area contributed by atoms with Crippen LogP contribution in [0.15, 0.2) is 71.8 Å². The van der Waals surface area contributed by atoms with Crippen molar-refractivity contribution >= 4 is 33.2 Å². The Morgan fingerprint density at radius 1 is 1.04 bits per heavy atom. The minimum Gasteiger partial charge on any atom is -0.364 e. The van der Waals surface area contributed by atoms with Gasteiger partial charge < -0.3 is 16.0 Å². The average Bonchev–Trinajstić information content (AvgIpc) is 3.17. The van der Waals surface area contributed by atoms with Crippen LogP contribution >= 0.6 is 0 Å². The zero-order valence-electron chi connectivity index (χ0n) is 14.9. The van der Waals surface area contributed by atoms with Gasteiger partial charge in [-0.3, -0.25) is 13.9 Å². The summed E-state index contributed by atoms with van der Waals surface area (Å²) in [7, 11) is -2.40. The van der Waals surface area contributed by atoms with E-state index >= 15 is 0 Å². The molecule has 0 aliphatic carbocycles. The largest absolute Gasteiger partial charge is 0.364 e. The van der Waals surface area contributed by atoms with Crippen molar-refractivity contribution in [2.45, 2.75) is 4.90 Å². The molecule has 2 amide bonds. The lowest BCUT2D eigenvalue weighted by molar-refractivity contribution is 0.0993. The standard InChI is InChI=1S/C19H18N4O4S/c1-23(15-7-3-2-4-8-15)28(26,27)16-9-5-6-13(10-16)19(25)22-14-11-17(18(20)24)21-12-14/h2-12,21H,1H3,(H2,20,24)(H,22,25). The van der Waals surface area contributed by atoms with Crippen LogP contribution in [0, 0.1) is 0 Å². The Balaban J connectivity index is 1.84. The van der Waals surface area contributed by atoms with Crippen molar-refractivity contribution in [2.24, 2.45) is 5.73 Å². The fourth-order valence-corrected chi connectivity index (χ4v) is 3.79. The summed E-state index contributed by atoms with van der Waals surface area (Å²) in [6.07, 6.45) is 1.42. The molecule has 0 saturated carbocycles. The Bertz CT molecular complexity index is 1120. The Labute approximate surface area is 162 Å². The molecule has 0 atom stereocenters. The highest BCUT2D eigenvalue weighted by Crippen LogP contribution is 2.22. The van der Waals surface area contributed by atoms with Crippen LogP contribution in [0.1, 0.15) is 20.8 Å². The monoisotopic (exact) mass is 398 g/mol. The number of hydrogen-bond donors (Lipinski definition) is 3. The first kappa shape index (κ1) is 19.2. The highest BCUT2D eigenvalue weighted by molar-refractivity contribution is 7.92. The van der Waals surface area contributed by atoms with Crippen LogP contribution in [0.3, 0.4) is 0 Å². The molecule has 0 radical (unpaired) electrons. The number of carbonyl (C=O) groups excluding carboxylic acids is 2. The molecule has 4 N–H and O–H groups in total. The number of aromatic nitrogens is 1. The topological polar surface area (TPSA) is 125 Å². The molecule has 2 aromatic carbocycles. The summed E-state index contributed by atoms with van der Waals surface area (Å²) in [5.41, 5.74) is 6.31. The van der Waals surface area contributed by atoms with Crippen molar-refractivity contribution in [1.29, 1.82) is 0 Å². The summed E-state index contributed by atoms with van der Waals surface area (Å²) in [4.78, 5) is 26.2. The molecule has 9 heteroatoms. The number of hydrogen-bond acceptors (Lipinski definition) is 4. The second-order valence-corrected chi connectivity index (χ2v) is 7.93. The predicted molar refractivity (Wildman–Crippen MR) is 106 cm³/mol. The van der Waals surface area contributed by atoms with E-state index in [1.165, 1.54) is 43.6 Å². The normalized spacial score (nSPS) is 11.0. The Morgan fingerprint density at radius 3 is 2.39 bits per heavy atom. The molecule has 0 saturated heterocycles. The SMILES string of the molecule is CN(c1ccccc1)S(=O)(=O)c1cccc(C(=O)Nc2c[nH]c(C(N)=O)c2)c1. The summed E-state index contributed by atoms with van der Waals surface area (Å²) < 4.78 is 26.9. The van der Waals surface area contributed by atoms with Crippen molar-refractivity contribution in [3.8, 4) is 0 Å². The zero-order valence-corrected chi connectivity index (χ0v) is 15.7. The third-order valence-corrected chi connectivity index (χ3v) is 5.86. The number of benzene rings is 2. The second-order valence-electron chi connectivity index (χ2n) is 5.96. The van der Waals surface area contributed by atoms with Gasteiger partial charge in [0.1, 0.15) is 5.69 Å². The molecule has 0 fully saturated rings. The lowest BCUT2D eigenvalue weighted by atomic mass is 10.2. The van der Waals surface area contributed by atoms with E-state index in [9.17, 15) is 18.0 Å². The van der Waals surface area contributed by atoms with Gasteiger partial charge in [-0.1, -0.05) is 24.3 Å². The quantitative estimate of drug-likeness (QED) is 0.588. The van der Waals surface area contributed by atoms with Gasteiger partial charge >= 0.3 is 0 Å². The average molecular weight is 398 g/mol. The van der Waals surface area contributed by atoms with E-state index in [0.29, 0.717) is 11.4 Å². The lowest BCUT2D eigenvalue weighted by Gasteiger charge is -2.19. The molecular weight excluding hydrogens is 380 g/mol. The van der Waals surface area contributed by atoms with Crippen LogP contribution in [0.5, 0.6) is 0 Å². The second kappa shape index (κ2) is 7.57. The fourth-order valence-electron chi connectivity index (χ4n) is 2.54. The first-order valence-electron chi connectivity index (χ1n) is 8.22. The number of carbonyl (C=O) groups is 2. The maximum absolute atomic E-state index is 12.9. The molecule has 3 rings (SSSR count). The molecule has 0 aliphatic heterocycles. The Morgan fingerprint density at radius 2 is 1.75 bits per heavy atom. The van der Waals surface area contributed by atoms with E-state index in [0.717, 1.165) is 4.31 Å². The molecule has 0 aliphatic rings. The number of H-pyrrole nitrogens is 1. The number of nitrogens with one attached hydrogen (secondary N) is 2. The van der Waals surface area contributed by atoms with Gasteiger partial charge in [0.25, 0.3) is 21.8 Å². The first-order chi connectivity index (χ1) is 13.3. The number of nitrogens with zero attached hydrogens (tertiary/aromatic N) is 1. The maximum atomic E-state index is 12.9. The van der Waals surface area contributed by atoms with E-state index in [1.807, 2.05) is 0 Å². The lowest BCUT2D eigenvalue weighted by Crippen LogP contribution is -2.26. The number of primary amides is 1. The summed E-state index contributed by atoms with van der Waals surface area (Å²) >= 11 is 0. The van der Waals surface area contributed by atoms with Gasteiger partial charge in [-0.2, -0.15) is 0 Å². The molecule has 0 unspecified atom stereocenters. The first-order valence-corrected chi connectivity index (χ1v) is 9.66. The molecule has 1 heterocycles.